The molecule has 0 aliphatic carbocycles. The molecule has 0 aromatic heterocycles. The molecule has 0 aliphatic heterocycles. The number of aromatic carboxylic acids is 1. The molecule has 104 valence electrons. The standard InChI is InChI=1S/C17H10ClFO2/c18-14-5-2-6-15(19)16(14)12-4-1-3-10-7-8-11(17(20)21)9-13(10)12/h1-9H,(H,20,21). The summed E-state index contributed by atoms with van der Waals surface area (Å²) in [5.41, 5.74) is 1.02. The topological polar surface area (TPSA) is 37.3 Å². The van der Waals surface area contributed by atoms with E-state index in [9.17, 15) is 9.18 Å². The van der Waals surface area contributed by atoms with E-state index in [1.54, 1.807) is 24.3 Å². The minimum atomic E-state index is -1.02. The van der Waals surface area contributed by atoms with Crippen LogP contribution in [-0.2, 0) is 0 Å². The first kappa shape index (κ1) is 13.6. The zero-order valence-electron chi connectivity index (χ0n) is 10.8. The van der Waals surface area contributed by atoms with Crippen LogP contribution in [-0.4, -0.2) is 11.1 Å². The number of fused-ring (bicyclic) bond motifs is 1. The zero-order chi connectivity index (χ0) is 15.0. The Bertz CT molecular complexity index is 838. The molecular weight excluding hydrogens is 291 g/mol. The first-order chi connectivity index (χ1) is 10.1. The number of hydrogen-bond donors (Lipinski definition) is 1. The summed E-state index contributed by atoms with van der Waals surface area (Å²) in [6, 6.07) is 14.6. The van der Waals surface area contributed by atoms with Gasteiger partial charge in [0.2, 0.25) is 0 Å². The summed E-state index contributed by atoms with van der Waals surface area (Å²) in [6.45, 7) is 0. The molecule has 0 heterocycles. The zero-order valence-corrected chi connectivity index (χ0v) is 11.6. The average molecular weight is 301 g/mol. The molecule has 0 unspecified atom stereocenters. The van der Waals surface area contributed by atoms with Gasteiger partial charge in [0.05, 0.1) is 10.6 Å². The quantitative estimate of drug-likeness (QED) is 0.723. The molecule has 0 aliphatic rings. The van der Waals surface area contributed by atoms with E-state index >= 15 is 0 Å². The minimum absolute atomic E-state index is 0.155. The molecule has 0 spiro atoms. The molecule has 0 radical (unpaired) electrons. The summed E-state index contributed by atoms with van der Waals surface area (Å²) in [6.07, 6.45) is 0. The van der Waals surface area contributed by atoms with Crippen LogP contribution in [0.25, 0.3) is 21.9 Å². The first-order valence-corrected chi connectivity index (χ1v) is 6.66. The second kappa shape index (κ2) is 5.19. The van der Waals surface area contributed by atoms with Gasteiger partial charge >= 0.3 is 5.97 Å². The van der Waals surface area contributed by atoms with Crippen molar-refractivity contribution in [1.82, 2.24) is 0 Å². The lowest BCUT2D eigenvalue weighted by molar-refractivity contribution is 0.0697. The molecule has 3 aromatic rings. The van der Waals surface area contributed by atoms with Gasteiger partial charge in [-0.25, -0.2) is 9.18 Å². The van der Waals surface area contributed by atoms with E-state index < -0.39 is 11.8 Å². The molecule has 1 N–H and O–H groups in total. The lowest BCUT2D eigenvalue weighted by Gasteiger charge is -2.10. The Morgan fingerprint density at radius 2 is 1.81 bits per heavy atom. The van der Waals surface area contributed by atoms with Gasteiger partial charge in [0.25, 0.3) is 0 Å². The van der Waals surface area contributed by atoms with Crippen LogP contribution in [0.3, 0.4) is 0 Å². The Kier molecular flexibility index (Phi) is 3.35. The third-order valence-corrected chi connectivity index (χ3v) is 3.68. The van der Waals surface area contributed by atoms with Crippen molar-refractivity contribution < 1.29 is 14.3 Å². The summed E-state index contributed by atoms with van der Waals surface area (Å²) in [5.74, 6) is -1.46. The van der Waals surface area contributed by atoms with E-state index in [0.29, 0.717) is 16.0 Å². The van der Waals surface area contributed by atoms with E-state index in [1.165, 1.54) is 24.3 Å². The van der Waals surface area contributed by atoms with Gasteiger partial charge in [0.15, 0.2) is 0 Å². The van der Waals surface area contributed by atoms with Gasteiger partial charge in [-0.1, -0.05) is 41.9 Å². The third-order valence-electron chi connectivity index (χ3n) is 3.36. The Hall–Kier alpha value is -2.39. The molecule has 3 rings (SSSR count). The van der Waals surface area contributed by atoms with Crippen molar-refractivity contribution in [2.45, 2.75) is 0 Å². The fourth-order valence-corrected chi connectivity index (χ4v) is 2.64. The Morgan fingerprint density at radius 1 is 1.05 bits per heavy atom. The van der Waals surface area contributed by atoms with Crippen LogP contribution in [0.1, 0.15) is 10.4 Å². The van der Waals surface area contributed by atoms with Gasteiger partial charge in [-0.2, -0.15) is 0 Å². The number of carboxylic acid groups (broad SMARTS) is 1. The highest BCUT2D eigenvalue weighted by atomic mass is 35.5. The van der Waals surface area contributed by atoms with Crippen molar-refractivity contribution in [2.24, 2.45) is 0 Å². The second-order valence-electron chi connectivity index (χ2n) is 4.64. The van der Waals surface area contributed by atoms with Crippen molar-refractivity contribution in [3.05, 3.63) is 71.0 Å². The highest BCUT2D eigenvalue weighted by Crippen LogP contribution is 2.35. The summed E-state index contributed by atoms with van der Waals surface area (Å²) < 4.78 is 14.1. The molecule has 3 aromatic carbocycles. The van der Waals surface area contributed by atoms with Crippen molar-refractivity contribution in [3.8, 4) is 11.1 Å². The van der Waals surface area contributed by atoms with E-state index in [1.807, 2.05) is 6.07 Å². The van der Waals surface area contributed by atoms with Crippen molar-refractivity contribution in [3.63, 3.8) is 0 Å². The molecule has 0 saturated heterocycles. The van der Waals surface area contributed by atoms with Gasteiger partial charge in [-0.15, -0.1) is 0 Å². The fourth-order valence-electron chi connectivity index (χ4n) is 2.38. The molecule has 2 nitrogen and oxygen atoms in total. The maximum atomic E-state index is 14.1. The predicted molar refractivity (Wildman–Crippen MR) is 81.3 cm³/mol. The van der Waals surface area contributed by atoms with Crippen LogP contribution >= 0.6 is 11.6 Å². The molecule has 4 heteroatoms. The van der Waals surface area contributed by atoms with Gasteiger partial charge < -0.3 is 5.11 Å². The molecule has 0 atom stereocenters. The number of carboxylic acids is 1. The number of halogens is 2. The summed E-state index contributed by atoms with van der Waals surface area (Å²) >= 11 is 6.11. The van der Waals surface area contributed by atoms with Crippen LogP contribution in [0.4, 0.5) is 4.39 Å². The number of benzene rings is 3. The Morgan fingerprint density at radius 3 is 2.52 bits per heavy atom. The fraction of sp³-hybridized carbons (Fsp3) is 0. The molecule has 0 saturated carbocycles. The molecule has 21 heavy (non-hydrogen) atoms. The van der Waals surface area contributed by atoms with Crippen molar-refractivity contribution >= 4 is 28.3 Å². The highest BCUT2D eigenvalue weighted by Gasteiger charge is 2.13. The predicted octanol–water partition coefficient (Wildman–Crippen LogP) is 5.00. The number of carbonyl (C=O) groups is 1. The summed E-state index contributed by atoms with van der Waals surface area (Å²) in [7, 11) is 0. The Balaban J connectivity index is 2.37. The van der Waals surface area contributed by atoms with Crippen LogP contribution in [0.2, 0.25) is 5.02 Å². The number of rotatable bonds is 2. The lowest BCUT2D eigenvalue weighted by Crippen LogP contribution is -1.96. The van der Waals surface area contributed by atoms with Crippen molar-refractivity contribution in [1.29, 1.82) is 0 Å². The lowest BCUT2D eigenvalue weighted by atomic mass is 9.96. The van der Waals surface area contributed by atoms with Gasteiger partial charge in [-0.05, 0) is 40.6 Å². The monoisotopic (exact) mass is 300 g/mol. The van der Waals surface area contributed by atoms with Crippen LogP contribution in [0, 0.1) is 5.82 Å². The Labute approximate surface area is 125 Å². The van der Waals surface area contributed by atoms with E-state index in [0.717, 1.165) is 5.39 Å². The van der Waals surface area contributed by atoms with E-state index in [2.05, 4.69) is 0 Å². The van der Waals surface area contributed by atoms with Crippen LogP contribution in [0.5, 0.6) is 0 Å². The van der Waals surface area contributed by atoms with Gasteiger partial charge in [-0.3, -0.25) is 0 Å². The average Bonchev–Trinajstić information content (AvgIpc) is 2.46. The van der Waals surface area contributed by atoms with Crippen molar-refractivity contribution in [2.75, 3.05) is 0 Å². The van der Waals surface area contributed by atoms with Gasteiger partial charge in [0, 0.05) is 5.56 Å². The smallest absolute Gasteiger partial charge is 0.335 e. The van der Waals surface area contributed by atoms with E-state index in [-0.39, 0.29) is 11.1 Å². The van der Waals surface area contributed by atoms with E-state index in [4.69, 9.17) is 16.7 Å². The number of hydrogen-bond acceptors (Lipinski definition) is 1. The summed E-state index contributed by atoms with van der Waals surface area (Å²) in [5, 5.41) is 10.9. The molecule has 0 fully saturated rings. The second-order valence-corrected chi connectivity index (χ2v) is 5.05. The minimum Gasteiger partial charge on any atom is -0.478 e. The third kappa shape index (κ3) is 2.36. The highest BCUT2D eigenvalue weighted by molar-refractivity contribution is 6.33. The maximum absolute atomic E-state index is 14.1. The summed E-state index contributed by atoms with van der Waals surface area (Å²) in [4.78, 5) is 11.1. The first-order valence-electron chi connectivity index (χ1n) is 6.28. The van der Waals surface area contributed by atoms with Crippen LogP contribution < -0.4 is 0 Å². The SMILES string of the molecule is O=C(O)c1ccc2cccc(-c3c(F)cccc3Cl)c2c1. The van der Waals surface area contributed by atoms with Crippen LogP contribution in [0.15, 0.2) is 54.6 Å². The molecule has 0 amide bonds. The molecular formula is C17H10ClFO2. The molecule has 0 bridgehead atoms. The maximum Gasteiger partial charge on any atom is 0.335 e. The normalized spacial score (nSPS) is 10.8. The van der Waals surface area contributed by atoms with Gasteiger partial charge in [0.1, 0.15) is 5.82 Å². The largest absolute Gasteiger partial charge is 0.478 e.